The van der Waals surface area contributed by atoms with Crippen molar-refractivity contribution < 1.29 is 9.47 Å². The minimum Gasteiger partial charge on any atom is -0.382 e. The molecule has 0 saturated heterocycles. The molecule has 0 aliphatic heterocycles. The van der Waals surface area contributed by atoms with E-state index in [0.717, 1.165) is 0 Å². The lowest BCUT2D eigenvalue weighted by atomic mass is 10.0. The summed E-state index contributed by atoms with van der Waals surface area (Å²) in [5.41, 5.74) is 2.33. The van der Waals surface area contributed by atoms with Crippen LogP contribution in [0.25, 0.3) is 0 Å². The van der Waals surface area contributed by atoms with Crippen molar-refractivity contribution in [1.29, 1.82) is 0 Å². The van der Waals surface area contributed by atoms with Gasteiger partial charge in [-0.3, -0.25) is 0 Å². The first kappa shape index (κ1) is 12.8. The molecule has 2 heteroatoms. The van der Waals surface area contributed by atoms with E-state index in [-0.39, 0.29) is 6.10 Å². The molecule has 2 nitrogen and oxygen atoms in total. The quantitative estimate of drug-likeness (QED) is 0.722. The molecule has 0 aromatic heterocycles. The lowest BCUT2D eigenvalue weighted by molar-refractivity contribution is 0.0356. The van der Waals surface area contributed by atoms with Gasteiger partial charge in [-0.15, -0.1) is 0 Å². The van der Waals surface area contributed by atoms with E-state index in [2.05, 4.69) is 24.3 Å². The fraction of sp³-hybridized carbons (Fsp3) is 0.250. The van der Waals surface area contributed by atoms with Gasteiger partial charge in [0.05, 0.1) is 13.2 Å². The van der Waals surface area contributed by atoms with Crippen molar-refractivity contribution in [1.82, 2.24) is 0 Å². The number of hydrogen-bond donors (Lipinski definition) is 0. The van der Waals surface area contributed by atoms with Crippen molar-refractivity contribution in [2.24, 2.45) is 0 Å². The summed E-state index contributed by atoms with van der Waals surface area (Å²) >= 11 is 0. The van der Waals surface area contributed by atoms with Crippen LogP contribution in [0.2, 0.25) is 0 Å². The summed E-state index contributed by atoms with van der Waals surface area (Å²) in [6, 6.07) is 20.5. The minimum absolute atomic E-state index is 0.0254. The molecule has 18 heavy (non-hydrogen) atoms. The van der Waals surface area contributed by atoms with Crippen LogP contribution in [0.4, 0.5) is 0 Å². The van der Waals surface area contributed by atoms with Gasteiger partial charge in [0.15, 0.2) is 0 Å². The zero-order chi connectivity index (χ0) is 12.6. The van der Waals surface area contributed by atoms with Gasteiger partial charge >= 0.3 is 0 Å². The molecule has 0 amide bonds. The summed E-state index contributed by atoms with van der Waals surface area (Å²) in [6.45, 7) is 1.20. The van der Waals surface area contributed by atoms with Gasteiger partial charge in [-0.1, -0.05) is 60.7 Å². The number of methoxy groups -OCH3 is 1. The Bertz CT molecular complexity index is 400. The summed E-state index contributed by atoms with van der Waals surface area (Å²) < 4.78 is 11.0. The second-order valence-electron chi connectivity index (χ2n) is 4.06. The fourth-order valence-electron chi connectivity index (χ4n) is 1.89. The van der Waals surface area contributed by atoms with Crippen LogP contribution in [0, 0.1) is 0 Å². The predicted octanol–water partition coefficient (Wildman–Crippen LogP) is 3.44. The normalized spacial score (nSPS) is 10.8. The van der Waals surface area contributed by atoms with Crippen molar-refractivity contribution in [3.8, 4) is 0 Å². The molecule has 2 aromatic rings. The van der Waals surface area contributed by atoms with Crippen LogP contribution in [-0.4, -0.2) is 20.3 Å². The van der Waals surface area contributed by atoms with Crippen LogP contribution >= 0.6 is 0 Å². The molecule has 0 unspecified atom stereocenters. The molecule has 0 atom stereocenters. The van der Waals surface area contributed by atoms with Crippen molar-refractivity contribution in [2.75, 3.05) is 20.3 Å². The smallest absolute Gasteiger partial charge is 0.108 e. The molecule has 0 radical (unpaired) electrons. The van der Waals surface area contributed by atoms with E-state index >= 15 is 0 Å². The fourth-order valence-corrected chi connectivity index (χ4v) is 1.89. The molecule has 0 N–H and O–H groups in total. The summed E-state index contributed by atoms with van der Waals surface area (Å²) in [5.74, 6) is 0. The predicted molar refractivity (Wildman–Crippen MR) is 72.6 cm³/mol. The van der Waals surface area contributed by atoms with Crippen molar-refractivity contribution in [3.63, 3.8) is 0 Å². The lowest BCUT2D eigenvalue weighted by Gasteiger charge is -2.18. The van der Waals surface area contributed by atoms with Crippen LogP contribution in [0.5, 0.6) is 0 Å². The highest BCUT2D eigenvalue weighted by atomic mass is 16.5. The second kappa shape index (κ2) is 6.94. The first-order valence-electron chi connectivity index (χ1n) is 6.12. The zero-order valence-corrected chi connectivity index (χ0v) is 10.6. The van der Waals surface area contributed by atoms with Crippen LogP contribution < -0.4 is 0 Å². The van der Waals surface area contributed by atoms with E-state index in [1.165, 1.54) is 11.1 Å². The summed E-state index contributed by atoms with van der Waals surface area (Å²) in [5, 5.41) is 0. The highest BCUT2D eigenvalue weighted by Crippen LogP contribution is 2.25. The maximum absolute atomic E-state index is 5.93. The topological polar surface area (TPSA) is 18.5 Å². The number of hydrogen-bond acceptors (Lipinski definition) is 2. The third-order valence-corrected chi connectivity index (χ3v) is 2.78. The summed E-state index contributed by atoms with van der Waals surface area (Å²) in [4.78, 5) is 0. The van der Waals surface area contributed by atoms with Crippen molar-refractivity contribution in [2.45, 2.75) is 6.10 Å². The SMILES string of the molecule is COCCOC(c1ccccc1)c1ccccc1. The van der Waals surface area contributed by atoms with Crippen molar-refractivity contribution >= 4 is 0 Å². The van der Waals surface area contributed by atoms with E-state index in [1.807, 2.05) is 36.4 Å². The molecule has 94 valence electrons. The largest absolute Gasteiger partial charge is 0.382 e. The first-order valence-corrected chi connectivity index (χ1v) is 6.12. The van der Waals surface area contributed by atoms with Crippen LogP contribution in [-0.2, 0) is 9.47 Å². The Morgan fingerprint density at radius 2 is 1.28 bits per heavy atom. The van der Waals surface area contributed by atoms with Gasteiger partial charge in [0.2, 0.25) is 0 Å². The third-order valence-electron chi connectivity index (χ3n) is 2.78. The molecule has 0 saturated carbocycles. The molecular formula is C16H18O2. The molecule has 0 aliphatic rings. The van der Waals surface area contributed by atoms with Gasteiger partial charge in [-0.05, 0) is 11.1 Å². The third kappa shape index (κ3) is 3.42. The molecule has 0 spiro atoms. The minimum atomic E-state index is -0.0254. The molecule has 0 bridgehead atoms. The monoisotopic (exact) mass is 242 g/mol. The van der Waals surface area contributed by atoms with E-state index in [9.17, 15) is 0 Å². The van der Waals surface area contributed by atoms with E-state index < -0.39 is 0 Å². The zero-order valence-electron chi connectivity index (χ0n) is 10.6. The molecule has 0 heterocycles. The maximum Gasteiger partial charge on any atom is 0.108 e. The molecule has 0 fully saturated rings. The van der Waals surface area contributed by atoms with E-state index in [1.54, 1.807) is 7.11 Å². The highest BCUT2D eigenvalue weighted by molar-refractivity contribution is 5.29. The lowest BCUT2D eigenvalue weighted by Crippen LogP contribution is -2.10. The van der Waals surface area contributed by atoms with Gasteiger partial charge in [-0.2, -0.15) is 0 Å². The van der Waals surface area contributed by atoms with E-state index in [4.69, 9.17) is 9.47 Å². The number of ether oxygens (including phenoxy) is 2. The summed E-state index contributed by atoms with van der Waals surface area (Å²) in [7, 11) is 1.68. The summed E-state index contributed by atoms with van der Waals surface area (Å²) in [6.07, 6.45) is -0.0254. The Labute approximate surface area is 108 Å². The Kier molecular flexibility index (Phi) is 4.94. The molecule has 0 aliphatic carbocycles. The second-order valence-corrected chi connectivity index (χ2v) is 4.06. The Morgan fingerprint density at radius 3 is 1.72 bits per heavy atom. The standard InChI is InChI=1S/C16H18O2/c1-17-12-13-18-16(14-8-4-2-5-9-14)15-10-6-3-7-11-15/h2-11,16H,12-13H2,1H3. The van der Waals surface area contributed by atoms with Crippen LogP contribution in [0.3, 0.4) is 0 Å². The average molecular weight is 242 g/mol. The van der Waals surface area contributed by atoms with Crippen molar-refractivity contribution in [3.05, 3.63) is 71.8 Å². The van der Waals surface area contributed by atoms with Gasteiger partial charge < -0.3 is 9.47 Å². The molecule has 2 rings (SSSR count). The van der Waals surface area contributed by atoms with Gasteiger partial charge in [-0.25, -0.2) is 0 Å². The Balaban J connectivity index is 2.18. The molecule has 2 aromatic carbocycles. The van der Waals surface area contributed by atoms with E-state index in [0.29, 0.717) is 13.2 Å². The Hall–Kier alpha value is -1.64. The van der Waals surface area contributed by atoms with Crippen LogP contribution in [0.15, 0.2) is 60.7 Å². The van der Waals surface area contributed by atoms with Crippen LogP contribution in [0.1, 0.15) is 17.2 Å². The number of rotatable bonds is 6. The Morgan fingerprint density at radius 1 is 0.778 bits per heavy atom. The average Bonchev–Trinajstić information content (AvgIpc) is 2.46. The first-order chi connectivity index (χ1) is 8.92. The van der Waals surface area contributed by atoms with Gasteiger partial charge in [0.25, 0.3) is 0 Å². The highest BCUT2D eigenvalue weighted by Gasteiger charge is 2.13. The van der Waals surface area contributed by atoms with Gasteiger partial charge in [0.1, 0.15) is 6.10 Å². The maximum atomic E-state index is 5.93. The number of benzene rings is 2. The van der Waals surface area contributed by atoms with Gasteiger partial charge in [0, 0.05) is 7.11 Å². The molecular weight excluding hydrogens is 224 g/mol.